The molecule has 1 aromatic carbocycles. The van der Waals surface area contributed by atoms with Crippen molar-refractivity contribution in [2.75, 3.05) is 31.5 Å². The first-order chi connectivity index (χ1) is 14.6. The lowest BCUT2D eigenvalue weighted by Gasteiger charge is -2.28. The molecule has 11 heteroatoms. The van der Waals surface area contributed by atoms with Crippen molar-refractivity contribution in [1.29, 1.82) is 0 Å². The van der Waals surface area contributed by atoms with Crippen molar-refractivity contribution >= 4 is 17.4 Å². The van der Waals surface area contributed by atoms with Crippen molar-refractivity contribution in [3.8, 4) is 11.1 Å². The van der Waals surface area contributed by atoms with Gasteiger partial charge in [-0.15, -0.1) is 0 Å². The second kappa shape index (κ2) is 7.82. The second-order valence-electron chi connectivity index (χ2n) is 7.23. The van der Waals surface area contributed by atoms with Gasteiger partial charge in [-0.05, 0) is 17.7 Å². The number of carbonyl (C=O) groups excluding carboxylic acids is 2. The number of piperazine rings is 1. The SMILES string of the molecule is C=C(F)C(=O)Nc1cc(CN2CCNCC2)c2c(c1)C(=O)c1nc(C(F)(F)F)ncc1-2. The number of amides is 1. The van der Waals surface area contributed by atoms with E-state index in [0.717, 1.165) is 32.4 Å². The number of anilines is 1. The van der Waals surface area contributed by atoms with Gasteiger partial charge in [0.2, 0.25) is 11.6 Å². The smallest absolute Gasteiger partial charge is 0.320 e. The summed E-state index contributed by atoms with van der Waals surface area (Å²) in [5, 5.41) is 5.53. The van der Waals surface area contributed by atoms with Crippen LogP contribution >= 0.6 is 0 Å². The van der Waals surface area contributed by atoms with Crippen LogP contribution < -0.4 is 10.6 Å². The molecule has 7 nitrogen and oxygen atoms in total. The Morgan fingerprint density at radius 2 is 1.94 bits per heavy atom. The van der Waals surface area contributed by atoms with Crippen molar-refractivity contribution in [2.24, 2.45) is 0 Å². The standard InChI is InChI=1S/C20H17F4N5O2/c1-10(21)18(31)27-12-6-11(9-29-4-2-25-3-5-29)15-13(7-12)17(30)16-14(15)8-26-19(28-16)20(22,23)24/h6-8,25H,1-5,9H2,(H,27,31). The Morgan fingerprint density at radius 3 is 2.58 bits per heavy atom. The van der Waals surface area contributed by atoms with E-state index in [1.54, 1.807) is 6.07 Å². The van der Waals surface area contributed by atoms with Crippen LogP contribution in [0.15, 0.2) is 30.7 Å². The first-order valence-electron chi connectivity index (χ1n) is 9.40. The van der Waals surface area contributed by atoms with Crippen molar-refractivity contribution < 1.29 is 27.2 Å². The molecule has 2 aromatic rings. The van der Waals surface area contributed by atoms with Crippen LogP contribution in [-0.2, 0) is 17.5 Å². The highest BCUT2D eigenvalue weighted by molar-refractivity contribution is 6.21. The number of nitrogens with zero attached hydrogens (tertiary/aromatic N) is 3. The summed E-state index contributed by atoms with van der Waals surface area (Å²) < 4.78 is 52.3. The normalized spacial score (nSPS) is 16.1. The Hall–Kier alpha value is -3.18. The minimum atomic E-state index is -4.80. The zero-order chi connectivity index (χ0) is 22.3. The number of benzene rings is 1. The van der Waals surface area contributed by atoms with Crippen LogP contribution in [0.25, 0.3) is 11.1 Å². The third-order valence-electron chi connectivity index (χ3n) is 5.10. The van der Waals surface area contributed by atoms with Gasteiger partial charge >= 0.3 is 6.18 Å². The molecular formula is C20H17F4N5O2. The van der Waals surface area contributed by atoms with Gasteiger partial charge in [0.25, 0.3) is 5.91 Å². The fraction of sp³-hybridized carbons (Fsp3) is 0.300. The number of ketones is 1. The predicted molar refractivity (Wildman–Crippen MR) is 103 cm³/mol. The van der Waals surface area contributed by atoms with Crippen molar-refractivity contribution in [3.05, 3.63) is 53.4 Å². The molecular weight excluding hydrogens is 418 g/mol. The maximum absolute atomic E-state index is 13.2. The van der Waals surface area contributed by atoms with Gasteiger partial charge in [-0.3, -0.25) is 14.5 Å². The third kappa shape index (κ3) is 4.06. The molecule has 1 amide bonds. The molecule has 0 atom stereocenters. The molecule has 0 radical (unpaired) electrons. The van der Waals surface area contributed by atoms with Gasteiger partial charge in [0.05, 0.1) is 0 Å². The van der Waals surface area contributed by atoms with Gasteiger partial charge in [0.1, 0.15) is 5.69 Å². The number of hydrogen-bond donors (Lipinski definition) is 2. The molecule has 1 saturated heterocycles. The van der Waals surface area contributed by atoms with Crippen molar-refractivity contribution in [3.63, 3.8) is 0 Å². The predicted octanol–water partition coefficient (Wildman–Crippen LogP) is 2.53. The lowest BCUT2D eigenvalue weighted by molar-refractivity contribution is -0.145. The zero-order valence-electron chi connectivity index (χ0n) is 16.1. The average molecular weight is 435 g/mol. The third-order valence-corrected chi connectivity index (χ3v) is 5.10. The van der Waals surface area contributed by atoms with Gasteiger partial charge in [0.15, 0.2) is 5.83 Å². The van der Waals surface area contributed by atoms with E-state index in [1.165, 1.54) is 6.07 Å². The fourth-order valence-electron chi connectivity index (χ4n) is 3.71. The summed E-state index contributed by atoms with van der Waals surface area (Å²) in [4.78, 5) is 33.6. The molecule has 162 valence electrons. The Bertz CT molecular complexity index is 1090. The Balaban J connectivity index is 1.81. The molecule has 0 saturated carbocycles. The highest BCUT2D eigenvalue weighted by Crippen LogP contribution is 2.41. The molecule has 31 heavy (non-hydrogen) atoms. The van der Waals surface area contributed by atoms with Gasteiger partial charge in [-0.2, -0.15) is 13.2 Å². The van der Waals surface area contributed by atoms with Gasteiger partial charge in [-0.25, -0.2) is 14.4 Å². The topological polar surface area (TPSA) is 87.2 Å². The number of hydrogen-bond acceptors (Lipinski definition) is 6. The summed E-state index contributed by atoms with van der Waals surface area (Å²) in [6, 6.07) is 2.87. The van der Waals surface area contributed by atoms with Crippen molar-refractivity contribution in [2.45, 2.75) is 12.7 Å². The van der Waals surface area contributed by atoms with Crippen LogP contribution in [0.1, 0.15) is 27.4 Å². The van der Waals surface area contributed by atoms with Crippen LogP contribution in [0.2, 0.25) is 0 Å². The minimum Gasteiger partial charge on any atom is -0.320 e. The summed E-state index contributed by atoms with van der Waals surface area (Å²) >= 11 is 0. The number of rotatable bonds is 4. The van der Waals surface area contributed by atoms with E-state index in [4.69, 9.17) is 0 Å². The molecule has 0 bridgehead atoms. The highest BCUT2D eigenvalue weighted by Gasteiger charge is 2.39. The molecule has 1 fully saturated rings. The molecule has 2 heterocycles. The Morgan fingerprint density at radius 1 is 1.23 bits per heavy atom. The maximum atomic E-state index is 13.2. The second-order valence-corrected chi connectivity index (χ2v) is 7.23. The molecule has 4 rings (SSSR count). The first kappa shape index (κ1) is 21.1. The largest absolute Gasteiger partial charge is 0.451 e. The van der Waals surface area contributed by atoms with E-state index in [2.05, 4.69) is 32.1 Å². The van der Waals surface area contributed by atoms with E-state index in [1.807, 2.05) is 0 Å². The highest BCUT2D eigenvalue weighted by atomic mass is 19.4. The molecule has 0 unspecified atom stereocenters. The molecule has 2 N–H and O–H groups in total. The van der Waals surface area contributed by atoms with Gasteiger partial charge in [0, 0.05) is 61.3 Å². The maximum Gasteiger partial charge on any atom is 0.451 e. The zero-order valence-corrected chi connectivity index (χ0v) is 16.1. The van der Waals surface area contributed by atoms with Crippen LogP contribution in [0.5, 0.6) is 0 Å². The summed E-state index contributed by atoms with van der Waals surface area (Å²) in [5.74, 6) is -4.40. The number of carbonyl (C=O) groups is 2. The van der Waals surface area contributed by atoms with Crippen LogP contribution in [0.4, 0.5) is 23.2 Å². The summed E-state index contributed by atoms with van der Waals surface area (Å²) in [6.45, 7) is 6.26. The summed E-state index contributed by atoms with van der Waals surface area (Å²) in [5.41, 5.74) is 1.08. The Labute approximate surface area is 174 Å². The minimum absolute atomic E-state index is 0.0797. The van der Waals surface area contributed by atoms with E-state index in [0.29, 0.717) is 17.7 Å². The first-order valence-corrected chi connectivity index (χ1v) is 9.40. The number of nitrogens with one attached hydrogen (secondary N) is 2. The molecule has 1 aliphatic carbocycles. The van der Waals surface area contributed by atoms with Gasteiger partial charge in [-0.1, -0.05) is 6.58 Å². The monoisotopic (exact) mass is 435 g/mol. The van der Waals surface area contributed by atoms with Gasteiger partial charge < -0.3 is 10.6 Å². The summed E-state index contributed by atoms with van der Waals surface area (Å²) in [7, 11) is 0. The van der Waals surface area contributed by atoms with Crippen LogP contribution in [0.3, 0.4) is 0 Å². The Kier molecular flexibility index (Phi) is 5.31. The fourth-order valence-corrected chi connectivity index (χ4v) is 3.71. The average Bonchev–Trinajstić information content (AvgIpc) is 3.00. The van der Waals surface area contributed by atoms with Crippen LogP contribution in [-0.4, -0.2) is 52.7 Å². The van der Waals surface area contributed by atoms with E-state index in [-0.39, 0.29) is 22.5 Å². The number of halogens is 4. The van der Waals surface area contributed by atoms with E-state index < -0.39 is 29.5 Å². The lowest BCUT2D eigenvalue weighted by Crippen LogP contribution is -2.43. The number of aromatic nitrogens is 2. The molecule has 1 aliphatic heterocycles. The van der Waals surface area contributed by atoms with E-state index >= 15 is 0 Å². The number of fused-ring (bicyclic) bond motifs is 3. The molecule has 0 spiro atoms. The molecule has 1 aromatic heterocycles. The quantitative estimate of drug-likeness (QED) is 0.484. The number of alkyl halides is 3. The van der Waals surface area contributed by atoms with Crippen molar-refractivity contribution in [1.82, 2.24) is 20.2 Å². The molecule has 2 aliphatic rings. The summed E-state index contributed by atoms with van der Waals surface area (Å²) in [6.07, 6.45) is -3.80. The van der Waals surface area contributed by atoms with Crippen LogP contribution in [0, 0.1) is 0 Å². The van der Waals surface area contributed by atoms with E-state index in [9.17, 15) is 27.2 Å². The lowest BCUT2D eigenvalue weighted by atomic mass is 9.98.